The van der Waals surface area contributed by atoms with E-state index in [-0.39, 0.29) is 11.8 Å². The fourth-order valence-corrected chi connectivity index (χ4v) is 2.09. The van der Waals surface area contributed by atoms with Crippen LogP contribution in [-0.4, -0.2) is 11.0 Å². The van der Waals surface area contributed by atoms with Gasteiger partial charge in [-0.15, -0.1) is 0 Å². The molecule has 5 heteroatoms. The lowest BCUT2D eigenvalue weighted by Crippen LogP contribution is -2.09. The van der Waals surface area contributed by atoms with Crippen molar-refractivity contribution in [2.24, 2.45) is 0 Å². The number of allylic oxidation sites excluding steroid dienone is 1. The van der Waals surface area contributed by atoms with Crippen LogP contribution < -0.4 is 4.74 Å². The Labute approximate surface area is 141 Å². The Balaban J connectivity index is 2.26. The molecule has 2 aromatic carbocycles. The summed E-state index contributed by atoms with van der Waals surface area (Å²) in [6.45, 7) is 4.06. The molecule has 2 rings (SSSR count). The van der Waals surface area contributed by atoms with E-state index in [9.17, 15) is 15.4 Å². The number of nitrogens with zero attached hydrogens (tertiary/aromatic N) is 2. The molecule has 24 heavy (non-hydrogen) atoms. The third kappa shape index (κ3) is 4.43. The molecule has 0 saturated carbocycles. The maximum atomic E-state index is 10.9. The van der Waals surface area contributed by atoms with Gasteiger partial charge in [0.2, 0.25) is 0 Å². The van der Waals surface area contributed by atoms with Crippen molar-refractivity contribution in [3.05, 3.63) is 69.8 Å². The van der Waals surface area contributed by atoms with Crippen molar-refractivity contribution in [3.8, 4) is 11.8 Å². The molecule has 0 aliphatic heterocycles. The van der Waals surface area contributed by atoms with Crippen molar-refractivity contribution < 1.29 is 9.66 Å². The molecule has 0 unspecified atom stereocenters. The van der Waals surface area contributed by atoms with Gasteiger partial charge in [0.1, 0.15) is 5.75 Å². The minimum Gasteiger partial charge on any atom is -0.491 e. The monoisotopic (exact) mass is 322 g/mol. The van der Waals surface area contributed by atoms with E-state index < -0.39 is 4.92 Å². The van der Waals surface area contributed by atoms with Crippen molar-refractivity contribution in [1.82, 2.24) is 0 Å². The molecule has 1 atom stereocenters. The molecule has 0 bridgehead atoms. The second-order valence-corrected chi connectivity index (χ2v) is 5.38. The minimum atomic E-state index is -0.473. The van der Waals surface area contributed by atoms with Crippen LogP contribution in [0.3, 0.4) is 0 Å². The summed E-state index contributed by atoms with van der Waals surface area (Å²) in [6, 6.07) is 15.6. The maximum Gasteiger partial charge on any atom is 0.270 e. The first-order valence-electron chi connectivity index (χ1n) is 7.66. The summed E-state index contributed by atoms with van der Waals surface area (Å²) in [6.07, 6.45) is 2.77. The first kappa shape index (κ1) is 17.2. The Kier molecular flexibility index (Phi) is 5.69. The number of non-ortho nitro benzene ring substituents is 1. The summed E-state index contributed by atoms with van der Waals surface area (Å²) in [5, 5.41) is 20.2. The second-order valence-electron chi connectivity index (χ2n) is 5.38. The number of nitro benzene ring substituents is 1. The first-order valence-corrected chi connectivity index (χ1v) is 7.66. The van der Waals surface area contributed by atoms with Crippen molar-refractivity contribution >= 4 is 17.3 Å². The molecule has 0 saturated heterocycles. The molecular weight excluding hydrogens is 304 g/mol. The number of hydrogen-bond acceptors (Lipinski definition) is 4. The number of rotatable bonds is 6. The van der Waals surface area contributed by atoms with Gasteiger partial charge in [-0.2, -0.15) is 5.26 Å². The fourth-order valence-electron chi connectivity index (χ4n) is 2.09. The van der Waals surface area contributed by atoms with Crippen molar-refractivity contribution in [2.75, 3.05) is 0 Å². The van der Waals surface area contributed by atoms with Crippen molar-refractivity contribution in [1.29, 1.82) is 5.26 Å². The normalized spacial score (nSPS) is 12.3. The van der Waals surface area contributed by atoms with Crippen LogP contribution in [0.5, 0.6) is 5.75 Å². The predicted octanol–water partition coefficient (Wildman–Crippen LogP) is 4.84. The Morgan fingerprint density at radius 3 is 2.62 bits per heavy atom. The van der Waals surface area contributed by atoms with E-state index in [2.05, 4.69) is 13.0 Å². The van der Waals surface area contributed by atoms with E-state index in [1.165, 1.54) is 12.1 Å². The Bertz CT molecular complexity index is 789. The molecule has 5 nitrogen and oxygen atoms in total. The third-order valence-corrected chi connectivity index (χ3v) is 3.59. The van der Waals surface area contributed by atoms with E-state index in [1.54, 1.807) is 18.2 Å². The standard InChI is InChI=1S/C19H18N2O3/c1-3-14(2)24-19-9-7-15(8-10-19)11-17(13-20)16-5-4-6-18(12-16)21(22)23/h4-12,14H,3H2,1-2H3/b17-11-/t14-/m0/s1. The Morgan fingerprint density at radius 1 is 1.33 bits per heavy atom. The van der Waals surface area contributed by atoms with Crippen LogP contribution in [0, 0.1) is 21.4 Å². The summed E-state index contributed by atoms with van der Waals surface area (Å²) in [7, 11) is 0. The van der Waals surface area contributed by atoms with Gasteiger partial charge in [0.15, 0.2) is 0 Å². The van der Waals surface area contributed by atoms with Gasteiger partial charge in [-0.05, 0) is 42.7 Å². The lowest BCUT2D eigenvalue weighted by Gasteiger charge is -2.12. The molecule has 0 N–H and O–H groups in total. The van der Waals surface area contributed by atoms with Crippen LogP contribution in [0.1, 0.15) is 31.4 Å². The number of ether oxygens (including phenoxy) is 1. The topological polar surface area (TPSA) is 76.2 Å². The molecule has 0 aromatic heterocycles. The summed E-state index contributed by atoms with van der Waals surface area (Å²) >= 11 is 0. The average Bonchev–Trinajstić information content (AvgIpc) is 2.61. The van der Waals surface area contributed by atoms with Crippen LogP contribution in [-0.2, 0) is 0 Å². The highest BCUT2D eigenvalue weighted by Crippen LogP contribution is 2.23. The molecule has 0 spiro atoms. The largest absolute Gasteiger partial charge is 0.491 e. The Hall–Kier alpha value is -3.13. The molecule has 2 aromatic rings. The lowest BCUT2D eigenvalue weighted by atomic mass is 10.0. The SMILES string of the molecule is CC[C@H](C)Oc1ccc(/C=C(/C#N)c2cccc([N+](=O)[O-])c2)cc1. The zero-order valence-corrected chi connectivity index (χ0v) is 13.6. The Morgan fingerprint density at radius 2 is 2.04 bits per heavy atom. The van der Waals surface area contributed by atoms with Gasteiger partial charge >= 0.3 is 0 Å². The summed E-state index contributed by atoms with van der Waals surface area (Å²) < 4.78 is 5.72. The summed E-state index contributed by atoms with van der Waals surface area (Å²) in [5.41, 5.74) is 1.68. The van der Waals surface area contributed by atoms with Crippen LogP contribution in [0.4, 0.5) is 5.69 Å². The first-order chi connectivity index (χ1) is 11.5. The van der Waals surface area contributed by atoms with Gasteiger partial charge in [-0.3, -0.25) is 10.1 Å². The molecule has 122 valence electrons. The summed E-state index contributed by atoms with van der Waals surface area (Å²) in [4.78, 5) is 10.4. The minimum absolute atomic E-state index is 0.0362. The van der Waals surface area contributed by atoms with E-state index in [0.717, 1.165) is 17.7 Å². The number of nitro groups is 1. The number of benzene rings is 2. The zero-order valence-electron chi connectivity index (χ0n) is 13.6. The van der Waals surface area contributed by atoms with Crippen molar-refractivity contribution in [2.45, 2.75) is 26.4 Å². The molecule has 0 radical (unpaired) electrons. The maximum absolute atomic E-state index is 10.9. The highest BCUT2D eigenvalue weighted by Gasteiger charge is 2.09. The molecule has 0 fully saturated rings. The van der Waals surface area contributed by atoms with Gasteiger partial charge in [-0.25, -0.2) is 0 Å². The zero-order chi connectivity index (χ0) is 17.5. The second kappa shape index (κ2) is 7.93. The molecular formula is C19H18N2O3. The quantitative estimate of drug-likeness (QED) is 0.330. The van der Waals surface area contributed by atoms with Crippen LogP contribution in [0.25, 0.3) is 11.6 Å². The highest BCUT2D eigenvalue weighted by atomic mass is 16.6. The smallest absolute Gasteiger partial charge is 0.270 e. The van der Waals surface area contributed by atoms with E-state index >= 15 is 0 Å². The number of nitriles is 1. The number of hydrogen-bond donors (Lipinski definition) is 0. The summed E-state index contributed by atoms with van der Waals surface area (Å²) in [5.74, 6) is 0.773. The van der Waals surface area contributed by atoms with Gasteiger partial charge in [0.05, 0.1) is 22.7 Å². The van der Waals surface area contributed by atoms with Crippen molar-refractivity contribution in [3.63, 3.8) is 0 Å². The molecule has 0 heterocycles. The van der Waals surface area contributed by atoms with E-state index in [4.69, 9.17) is 4.74 Å². The fraction of sp³-hybridized carbons (Fsp3) is 0.211. The molecule has 0 aliphatic rings. The predicted molar refractivity (Wildman–Crippen MR) is 93.4 cm³/mol. The van der Waals surface area contributed by atoms with Gasteiger partial charge in [0, 0.05) is 12.1 Å². The molecule has 0 aliphatic carbocycles. The van der Waals surface area contributed by atoms with Gasteiger partial charge in [-0.1, -0.05) is 31.2 Å². The average molecular weight is 322 g/mol. The van der Waals surface area contributed by atoms with Crippen LogP contribution in [0.2, 0.25) is 0 Å². The van der Waals surface area contributed by atoms with E-state index in [1.807, 2.05) is 31.2 Å². The van der Waals surface area contributed by atoms with Gasteiger partial charge in [0.25, 0.3) is 5.69 Å². The van der Waals surface area contributed by atoms with E-state index in [0.29, 0.717) is 11.1 Å². The highest BCUT2D eigenvalue weighted by molar-refractivity contribution is 5.90. The lowest BCUT2D eigenvalue weighted by molar-refractivity contribution is -0.384. The molecule has 0 amide bonds. The third-order valence-electron chi connectivity index (χ3n) is 3.59. The van der Waals surface area contributed by atoms with Crippen LogP contribution in [0.15, 0.2) is 48.5 Å². The van der Waals surface area contributed by atoms with Crippen LogP contribution >= 0.6 is 0 Å². The van der Waals surface area contributed by atoms with Gasteiger partial charge < -0.3 is 4.74 Å².